The van der Waals surface area contributed by atoms with Gasteiger partial charge in [0, 0.05) is 19.1 Å². The Labute approximate surface area is 172 Å². The Hall–Kier alpha value is -2.05. The summed E-state index contributed by atoms with van der Waals surface area (Å²) in [5.74, 6) is -0.211. The highest BCUT2D eigenvalue weighted by molar-refractivity contribution is 7.92. The minimum atomic E-state index is -3.82. The molecule has 2 aromatic carbocycles. The average molecular weight is 421 g/mol. The molecule has 5 nitrogen and oxygen atoms in total. The Morgan fingerprint density at radius 1 is 1.18 bits per heavy atom. The molecule has 1 aliphatic heterocycles. The lowest BCUT2D eigenvalue weighted by molar-refractivity contribution is 0.0635. The number of likely N-dealkylation sites (tertiary alicyclic amines) is 1. The number of carbonyl (C=O) groups excluding carboxylic acids is 1. The van der Waals surface area contributed by atoms with Crippen LogP contribution >= 0.6 is 11.6 Å². The number of amides is 1. The summed E-state index contributed by atoms with van der Waals surface area (Å²) in [6, 6.07) is 13.4. The quantitative estimate of drug-likeness (QED) is 0.711. The van der Waals surface area contributed by atoms with E-state index in [1.807, 2.05) is 13.0 Å². The summed E-state index contributed by atoms with van der Waals surface area (Å²) in [4.78, 5) is 14.9. The molecule has 1 fully saturated rings. The van der Waals surface area contributed by atoms with Crippen LogP contribution < -0.4 is 4.31 Å². The Morgan fingerprint density at radius 2 is 1.89 bits per heavy atom. The highest BCUT2D eigenvalue weighted by Gasteiger charge is 2.29. The molecule has 0 radical (unpaired) electrons. The van der Waals surface area contributed by atoms with Crippen LogP contribution in [0.1, 0.15) is 43.5 Å². The molecule has 1 saturated heterocycles. The average Bonchev–Trinajstić information content (AvgIpc) is 2.69. The topological polar surface area (TPSA) is 57.7 Å². The molecular weight excluding hydrogens is 396 g/mol. The second-order valence-corrected chi connectivity index (χ2v) is 9.26. The zero-order chi connectivity index (χ0) is 20.3. The second-order valence-electron chi connectivity index (χ2n) is 6.99. The summed E-state index contributed by atoms with van der Waals surface area (Å²) in [5.41, 5.74) is 0.818. The first kappa shape index (κ1) is 20.7. The van der Waals surface area contributed by atoms with Gasteiger partial charge >= 0.3 is 0 Å². The maximum atomic E-state index is 13.2. The number of sulfonamides is 1. The lowest BCUT2D eigenvalue weighted by Gasteiger charge is -2.33. The van der Waals surface area contributed by atoms with Gasteiger partial charge in [-0.2, -0.15) is 0 Å². The summed E-state index contributed by atoms with van der Waals surface area (Å²) < 4.78 is 27.8. The molecular formula is C21H25ClN2O3S. The van der Waals surface area contributed by atoms with Crippen LogP contribution in [0.3, 0.4) is 0 Å². The first-order valence-corrected chi connectivity index (χ1v) is 11.4. The number of benzene rings is 2. The Bertz CT molecular complexity index is 947. The predicted molar refractivity (Wildman–Crippen MR) is 112 cm³/mol. The molecule has 0 saturated carbocycles. The molecule has 28 heavy (non-hydrogen) atoms. The van der Waals surface area contributed by atoms with E-state index in [1.54, 1.807) is 36.1 Å². The van der Waals surface area contributed by atoms with Crippen molar-refractivity contribution in [1.82, 2.24) is 4.90 Å². The molecule has 0 N–H and O–H groups in total. The molecule has 0 aromatic heterocycles. The molecule has 3 rings (SSSR count). The first-order valence-electron chi connectivity index (χ1n) is 9.54. The monoisotopic (exact) mass is 420 g/mol. The number of hydrogen-bond donors (Lipinski definition) is 0. The van der Waals surface area contributed by atoms with Crippen molar-refractivity contribution in [2.45, 2.75) is 44.0 Å². The Kier molecular flexibility index (Phi) is 6.30. The minimum absolute atomic E-state index is 0.0654. The zero-order valence-corrected chi connectivity index (χ0v) is 17.7. The Morgan fingerprint density at radius 3 is 2.54 bits per heavy atom. The van der Waals surface area contributed by atoms with Crippen molar-refractivity contribution in [2.75, 3.05) is 17.4 Å². The van der Waals surface area contributed by atoms with Crippen LogP contribution in [-0.2, 0) is 10.0 Å². The number of nitrogens with zero attached hydrogens (tertiary/aromatic N) is 2. The van der Waals surface area contributed by atoms with Gasteiger partial charge in [-0.25, -0.2) is 8.42 Å². The molecule has 0 bridgehead atoms. The van der Waals surface area contributed by atoms with Crippen molar-refractivity contribution in [1.29, 1.82) is 0 Å². The third-order valence-corrected chi connectivity index (χ3v) is 7.38. The number of piperidine rings is 1. The van der Waals surface area contributed by atoms with Crippen LogP contribution in [0.25, 0.3) is 0 Å². The van der Waals surface area contributed by atoms with Crippen molar-refractivity contribution in [3.8, 4) is 0 Å². The van der Waals surface area contributed by atoms with E-state index < -0.39 is 10.0 Å². The summed E-state index contributed by atoms with van der Waals surface area (Å²) >= 11 is 6.28. The van der Waals surface area contributed by atoms with Crippen LogP contribution in [-0.4, -0.2) is 38.4 Å². The van der Waals surface area contributed by atoms with Crippen LogP contribution in [0.15, 0.2) is 53.4 Å². The molecule has 7 heteroatoms. The number of halogens is 1. The van der Waals surface area contributed by atoms with Gasteiger partial charge in [0.05, 0.1) is 21.2 Å². The van der Waals surface area contributed by atoms with Gasteiger partial charge in [-0.05, 0) is 63.4 Å². The molecule has 1 amide bonds. The summed E-state index contributed by atoms with van der Waals surface area (Å²) in [5, 5.41) is 0.268. The van der Waals surface area contributed by atoms with Gasteiger partial charge < -0.3 is 4.90 Å². The van der Waals surface area contributed by atoms with Crippen LogP contribution in [0.5, 0.6) is 0 Å². The second kappa shape index (κ2) is 8.53. The molecule has 0 spiro atoms. The smallest absolute Gasteiger partial charge is 0.264 e. The van der Waals surface area contributed by atoms with E-state index in [9.17, 15) is 13.2 Å². The van der Waals surface area contributed by atoms with E-state index in [4.69, 9.17) is 11.6 Å². The molecule has 2 aromatic rings. The van der Waals surface area contributed by atoms with Crippen LogP contribution in [0.4, 0.5) is 5.69 Å². The van der Waals surface area contributed by atoms with Gasteiger partial charge in [0.1, 0.15) is 0 Å². The fourth-order valence-electron chi connectivity index (χ4n) is 3.60. The summed E-state index contributed by atoms with van der Waals surface area (Å²) in [6.07, 6.45) is 2.98. The van der Waals surface area contributed by atoms with Gasteiger partial charge in [-0.15, -0.1) is 0 Å². The largest absolute Gasteiger partial charge is 0.336 e. The van der Waals surface area contributed by atoms with Crippen molar-refractivity contribution in [3.05, 3.63) is 59.1 Å². The van der Waals surface area contributed by atoms with Crippen molar-refractivity contribution in [3.63, 3.8) is 0 Å². The molecule has 1 atom stereocenters. The van der Waals surface area contributed by atoms with Gasteiger partial charge in [0.15, 0.2) is 0 Å². The number of rotatable bonds is 5. The Balaban J connectivity index is 1.99. The first-order chi connectivity index (χ1) is 13.4. The van der Waals surface area contributed by atoms with Crippen molar-refractivity contribution >= 4 is 33.2 Å². The summed E-state index contributed by atoms with van der Waals surface area (Å²) in [6.45, 7) is 4.74. The standard InChI is InChI=1S/C21H25ClN2O3S/c1-3-24(17-10-5-4-6-11-17)28(26,27)18-12-13-20(22)19(15-18)21(25)23-14-8-7-9-16(23)2/h4-6,10-13,15-16H,3,7-9,14H2,1-2H3. The van der Waals surface area contributed by atoms with E-state index in [0.29, 0.717) is 12.2 Å². The molecule has 1 aliphatic rings. The highest BCUT2D eigenvalue weighted by atomic mass is 35.5. The van der Waals surface area contributed by atoms with E-state index in [-0.39, 0.29) is 34.0 Å². The zero-order valence-electron chi connectivity index (χ0n) is 16.1. The fraction of sp³-hybridized carbons (Fsp3) is 0.381. The van der Waals surface area contributed by atoms with Crippen LogP contribution in [0, 0.1) is 0 Å². The minimum Gasteiger partial charge on any atom is -0.336 e. The van der Waals surface area contributed by atoms with Gasteiger partial charge in [0.2, 0.25) is 0 Å². The normalized spacial score (nSPS) is 17.4. The number of hydrogen-bond acceptors (Lipinski definition) is 3. The number of anilines is 1. The highest BCUT2D eigenvalue weighted by Crippen LogP contribution is 2.28. The maximum Gasteiger partial charge on any atom is 0.264 e. The van der Waals surface area contributed by atoms with E-state index in [2.05, 4.69) is 0 Å². The van der Waals surface area contributed by atoms with Gasteiger partial charge in [0.25, 0.3) is 15.9 Å². The lowest BCUT2D eigenvalue weighted by atomic mass is 10.0. The summed E-state index contributed by atoms with van der Waals surface area (Å²) in [7, 11) is -3.82. The maximum absolute atomic E-state index is 13.2. The van der Waals surface area contributed by atoms with E-state index in [0.717, 1.165) is 19.3 Å². The van der Waals surface area contributed by atoms with Crippen molar-refractivity contribution in [2.24, 2.45) is 0 Å². The molecule has 1 unspecified atom stereocenters. The molecule has 1 heterocycles. The molecule has 150 valence electrons. The third kappa shape index (κ3) is 4.03. The van der Waals surface area contributed by atoms with E-state index in [1.165, 1.54) is 22.5 Å². The fourth-order valence-corrected chi connectivity index (χ4v) is 5.29. The van der Waals surface area contributed by atoms with Crippen molar-refractivity contribution < 1.29 is 13.2 Å². The SMILES string of the molecule is CCN(c1ccccc1)S(=O)(=O)c1ccc(Cl)c(C(=O)N2CCCCC2C)c1. The predicted octanol–water partition coefficient (Wildman–Crippen LogP) is 4.57. The third-order valence-electron chi connectivity index (χ3n) is 5.15. The van der Waals surface area contributed by atoms with Crippen LogP contribution in [0.2, 0.25) is 5.02 Å². The lowest BCUT2D eigenvalue weighted by Crippen LogP contribution is -2.42. The number of para-hydroxylation sites is 1. The molecule has 0 aliphatic carbocycles. The number of carbonyl (C=O) groups is 1. The van der Waals surface area contributed by atoms with E-state index >= 15 is 0 Å². The van der Waals surface area contributed by atoms with Gasteiger partial charge in [-0.3, -0.25) is 9.10 Å². The van der Waals surface area contributed by atoms with Gasteiger partial charge in [-0.1, -0.05) is 29.8 Å².